The van der Waals surface area contributed by atoms with Crippen LogP contribution >= 0.6 is 0 Å². The molecule has 0 saturated carbocycles. The Morgan fingerprint density at radius 1 is 1.12 bits per heavy atom. The van der Waals surface area contributed by atoms with Gasteiger partial charge in [-0.2, -0.15) is 0 Å². The third kappa shape index (κ3) is 5.09. The molecule has 7 nitrogen and oxygen atoms in total. The van der Waals surface area contributed by atoms with E-state index >= 15 is 0 Å². The zero-order valence-electron chi connectivity index (χ0n) is 23.4. The van der Waals surface area contributed by atoms with E-state index in [9.17, 15) is 14.3 Å². The maximum atomic E-state index is 13.7. The number of benzene rings is 2. The van der Waals surface area contributed by atoms with Crippen LogP contribution in [0.4, 0.5) is 4.39 Å². The lowest BCUT2D eigenvalue weighted by Crippen LogP contribution is -2.61. The first kappa shape index (κ1) is 26.8. The summed E-state index contributed by atoms with van der Waals surface area (Å²) in [5.41, 5.74) is 4.80. The number of carbonyl (C=O) groups is 1. The summed E-state index contributed by atoms with van der Waals surface area (Å²) in [7, 11) is 1.71. The molecule has 0 radical (unpaired) electrons. The van der Waals surface area contributed by atoms with Gasteiger partial charge in [-0.25, -0.2) is 4.39 Å². The number of oxime groups is 1. The van der Waals surface area contributed by atoms with Crippen LogP contribution in [-0.4, -0.2) is 65.6 Å². The third-order valence-electron chi connectivity index (χ3n) is 9.20. The van der Waals surface area contributed by atoms with Crippen molar-refractivity contribution < 1.29 is 23.9 Å². The number of methoxy groups -OCH3 is 1. The van der Waals surface area contributed by atoms with Crippen molar-refractivity contribution in [3.8, 4) is 16.9 Å². The smallest absolute Gasteiger partial charge is 0.309 e. The summed E-state index contributed by atoms with van der Waals surface area (Å²) in [5, 5.41) is 14.0. The van der Waals surface area contributed by atoms with E-state index in [2.05, 4.69) is 33.2 Å². The van der Waals surface area contributed by atoms with Crippen LogP contribution in [0.25, 0.3) is 16.7 Å². The summed E-state index contributed by atoms with van der Waals surface area (Å²) in [5.74, 6) is 0.823. The quantitative estimate of drug-likeness (QED) is 0.483. The zero-order valence-corrected chi connectivity index (χ0v) is 23.4. The highest BCUT2D eigenvalue weighted by Crippen LogP contribution is 2.42. The highest BCUT2D eigenvalue weighted by atomic mass is 19.1. The monoisotopic (exact) mass is 547 g/mol. The average molecular weight is 548 g/mol. The summed E-state index contributed by atoms with van der Waals surface area (Å²) in [6.45, 7) is 5.53. The second-order valence-corrected chi connectivity index (χ2v) is 12.1. The first-order valence-electron chi connectivity index (χ1n) is 14.4. The van der Waals surface area contributed by atoms with Crippen LogP contribution in [0.2, 0.25) is 0 Å². The molecule has 0 bridgehead atoms. The number of rotatable bonds is 6. The first-order valence-corrected chi connectivity index (χ1v) is 14.4. The van der Waals surface area contributed by atoms with Gasteiger partial charge >= 0.3 is 5.97 Å². The molecule has 8 heteroatoms. The Labute approximate surface area is 235 Å². The SMILES string of the molecule is COc1cc(-c2ccc(F)cc2)c(C2=CCCCC2)cc1CN1CC2(CC(N3CCC(C)(C(=O)O)CC3)=NO2)C1. The van der Waals surface area contributed by atoms with Gasteiger partial charge in [0, 0.05) is 38.3 Å². The predicted octanol–water partition coefficient (Wildman–Crippen LogP) is 5.93. The van der Waals surface area contributed by atoms with Crippen LogP contribution in [0.1, 0.15) is 63.0 Å². The van der Waals surface area contributed by atoms with Crippen molar-refractivity contribution in [2.75, 3.05) is 33.3 Å². The molecule has 40 heavy (non-hydrogen) atoms. The molecule has 2 aromatic carbocycles. The topological polar surface area (TPSA) is 74.6 Å². The molecule has 1 aliphatic carbocycles. The number of piperidine rings is 1. The van der Waals surface area contributed by atoms with Crippen LogP contribution in [-0.2, 0) is 16.2 Å². The van der Waals surface area contributed by atoms with E-state index in [4.69, 9.17) is 9.57 Å². The minimum Gasteiger partial charge on any atom is -0.496 e. The summed E-state index contributed by atoms with van der Waals surface area (Å²) < 4.78 is 19.6. The molecule has 4 aliphatic rings. The lowest BCUT2D eigenvalue weighted by molar-refractivity contribution is -0.150. The van der Waals surface area contributed by atoms with Crippen molar-refractivity contribution in [3.05, 3.63) is 59.4 Å². The Morgan fingerprint density at radius 2 is 1.88 bits per heavy atom. The van der Waals surface area contributed by atoms with Gasteiger partial charge in [-0.1, -0.05) is 23.4 Å². The Balaban J connectivity index is 1.15. The molecule has 1 spiro atoms. The maximum Gasteiger partial charge on any atom is 0.309 e. The summed E-state index contributed by atoms with van der Waals surface area (Å²) in [6.07, 6.45) is 8.87. The van der Waals surface area contributed by atoms with E-state index in [1.807, 2.05) is 19.1 Å². The van der Waals surface area contributed by atoms with Crippen molar-refractivity contribution >= 4 is 17.4 Å². The van der Waals surface area contributed by atoms with Crippen LogP contribution in [0.3, 0.4) is 0 Å². The lowest BCUT2D eigenvalue weighted by atomic mass is 9.80. The number of carboxylic acid groups (broad SMARTS) is 1. The first-order chi connectivity index (χ1) is 19.3. The number of allylic oxidation sites excluding steroid dienone is 2. The number of halogens is 1. The van der Waals surface area contributed by atoms with Gasteiger partial charge in [-0.3, -0.25) is 9.69 Å². The second kappa shape index (κ2) is 10.5. The van der Waals surface area contributed by atoms with Crippen molar-refractivity contribution in [2.45, 2.75) is 64.0 Å². The molecule has 2 fully saturated rings. The van der Waals surface area contributed by atoms with E-state index in [1.54, 1.807) is 7.11 Å². The molecule has 3 heterocycles. The van der Waals surface area contributed by atoms with Crippen LogP contribution in [0.5, 0.6) is 5.75 Å². The average Bonchev–Trinajstić information content (AvgIpc) is 3.39. The number of ether oxygens (including phenoxy) is 1. The van der Waals surface area contributed by atoms with E-state index in [0.717, 1.165) is 67.2 Å². The number of nitrogens with zero attached hydrogens (tertiary/aromatic N) is 3. The van der Waals surface area contributed by atoms with Gasteiger partial charge in [0.1, 0.15) is 17.4 Å². The zero-order chi connectivity index (χ0) is 27.9. The fraction of sp³-hybridized carbons (Fsp3) is 0.500. The second-order valence-electron chi connectivity index (χ2n) is 12.1. The maximum absolute atomic E-state index is 13.7. The van der Waals surface area contributed by atoms with Crippen molar-refractivity contribution in [1.82, 2.24) is 9.80 Å². The molecule has 2 aromatic rings. The molecule has 0 amide bonds. The Morgan fingerprint density at radius 3 is 2.52 bits per heavy atom. The molecule has 1 N–H and O–H groups in total. The van der Waals surface area contributed by atoms with E-state index in [0.29, 0.717) is 25.9 Å². The number of hydrogen-bond donors (Lipinski definition) is 1. The van der Waals surface area contributed by atoms with Gasteiger partial charge in [0.2, 0.25) is 0 Å². The van der Waals surface area contributed by atoms with Gasteiger partial charge < -0.3 is 19.6 Å². The number of aliphatic carboxylic acids is 1. The van der Waals surface area contributed by atoms with Crippen LogP contribution in [0, 0.1) is 11.2 Å². The van der Waals surface area contributed by atoms with E-state index in [-0.39, 0.29) is 11.4 Å². The van der Waals surface area contributed by atoms with Gasteiger partial charge in [0.05, 0.1) is 18.9 Å². The number of likely N-dealkylation sites (tertiary alicyclic amines) is 2. The Hall–Kier alpha value is -3.39. The molecular weight excluding hydrogens is 509 g/mol. The number of hydrogen-bond acceptors (Lipinski definition) is 6. The Bertz CT molecular complexity index is 1340. The fourth-order valence-corrected chi connectivity index (χ4v) is 6.59. The number of carboxylic acids is 1. The summed E-state index contributed by atoms with van der Waals surface area (Å²) in [4.78, 5) is 22.2. The molecule has 0 aromatic heterocycles. The lowest BCUT2D eigenvalue weighted by Gasteiger charge is -2.46. The molecule has 0 unspecified atom stereocenters. The summed E-state index contributed by atoms with van der Waals surface area (Å²) >= 11 is 0. The normalized spacial score (nSPS) is 21.8. The number of amidine groups is 1. The van der Waals surface area contributed by atoms with E-state index in [1.165, 1.54) is 36.1 Å². The van der Waals surface area contributed by atoms with Crippen LogP contribution < -0.4 is 4.74 Å². The molecule has 0 atom stereocenters. The van der Waals surface area contributed by atoms with E-state index < -0.39 is 11.4 Å². The summed E-state index contributed by atoms with van der Waals surface area (Å²) in [6, 6.07) is 11.1. The Kier molecular flexibility index (Phi) is 7.07. The van der Waals surface area contributed by atoms with Crippen molar-refractivity contribution in [2.24, 2.45) is 10.6 Å². The standard InChI is InChI=1S/C32H38FN3O4/c1-31(30(37)38)12-14-36(15-13-31)29-18-32(40-34-29)20-35(21-32)19-24-16-26(22-6-4-3-5-7-22)27(17-28(24)39-2)23-8-10-25(33)11-9-23/h6,8-11,16-17H,3-5,7,12-15,18-21H2,1-2H3,(H,37,38). The minimum atomic E-state index is -0.716. The van der Waals surface area contributed by atoms with Crippen LogP contribution in [0.15, 0.2) is 47.6 Å². The molecule has 2 saturated heterocycles. The van der Waals surface area contributed by atoms with Crippen molar-refractivity contribution in [3.63, 3.8) is 0 Å². The van der Waals surface area contributed by atoms with Gasteiger partial charge in [-0.05, 0) is 92.0 Å². The van der Waals surface area contributed by atoms with Gasteiger partial charge in [-0.15, -0.1) is 0 Å². The predicted molar refractivity (Wildman–Crippen MR) is 153 cm³/mol. The van der Waals surface area contributed by atoms with Crippen molar-refractivity contribution in [1.29, 1.82) is 0 Å². The fourth-order valence-electron chi connectivity index (χ4n) is 6.59. The largest absolute Gasteiger partial charge is 0.496 e. The third-order valence-corrected chi connectivity index (χ3v) is 9.20. The molecule has 3 aliphatic heterocycles. The molecular formula is C32H38FN3O4. The minimum absolute atomic E-state index is 0.238. The molecule has 6 rings (SSSR count). The highest BCUT2D eigenvalue weighted by Gasteiger charge is 2.51. The van der Waals surface area contributed by atoms with Gasteiger partial charge in [0.15, 0.2) is 5.60 Å². The highest BCUT2D eigenvalue weighted by molar-refractivity contribution is 5.85. The van der Waals surface area contributed by atoms with Gasteiger partial charge in [0.25, 0.3) is 0 Å². The molecule has 212 valence electrons.